The fourth-order valence-electron chi connectivity index (χ4n) is 1.42. The third-order valence-corrected chi connectivity index (χ3v) is 2.20. The van der Waals surface area contributed by atoms with Crippen LogP contribution in [0.3, 0.4) is 0 Å². The Kier molecular flexibility index (Phi) is 1.59. The van der Waals surface area contributed by atoms with Gasteiger partial charge in [0.1, 0.15) is 5.82 Å². The number of nitrogen functional groups attached to an aromatic ring is 1. The molecule has 0 aliphatic carbocycles. The van der Waals surface area contributed by atoms with Gasteiger partial charge in [-0.25, -0.2) is 0 Å². The molecular weight excluding hydrogens is 164 g/mol. The van der Waals surface area contributed by atoms with Gasteiger partial charge >= 0.3 is 0 Å². The van der Waals surface area contributed by atoms with Crippen LogP contribution in [0.4, 0.5) is 5.82 Å². The van der Waals surface area contributed by atoms with E-state index in [0.717, 1.165) is 5.52 Å². The first-order valence-electron chi connectivity index (χ1n) is 4.04. The molecule has 2 rings (SSSR count). The highest BCUT2D eigenvalue weighted by Crippen LogP contribution is 2.11. The summed E-state index contributed by atoms with van der Waals surface area (Å²) in [4.78, 5) is 11.5. The Bertz CT molecular complexity index is 514. The van der Waals surface area contributed by atoms with Crippen molar-refractivity contribution in [3.8, 4) is 0 Å². The van der Waals surface area contributed by atoms with Crippen LogP contribution in [0.2, 0.25) is 0 Å². The van der Waals surface area contributed by atoms with Crippen molar-refractivity contribution < 1.29 is 0 Å². The maximum Gasteiger partial charge on any atom is 0.191 e. The standard InChI is InChI=1S/C10H10N2O/c1-12-8-5-3-2-4-7(8)9(13)6-10(12)11/h2-6H,11H2,1H3. The molecule has 66 valence electrons. The highest BCUT2D eigenvalue weighted by molar-refractivity contribution is 5.80. The van der Waals surface area contributed by atoms with Crippen LogP contribution in [-0.2, 0) is 7.05 Å². The molecule has 13 heavy (non-hydrogen) atoms. The number of aromatic nitrogens is 1. The number of anilines is 1. The van der Waals surface area contributed by atoms with Gasteiger partial charge in [0.15, 0.2) is 5.43 Å². The number of pyridine rings is 1. The van der Waals surface area contributed by atoms with Crippen molar-refractivity contribution in [2.75, 3.05) is 5.73 Å². The number of fused-ring (bicyclic) bond motifs is 1. The second-order valence-electron chi connectivity index (χ2n) is 3.01. The van der Waals surface area contributed by atoms with E-state index in [4.69, 9.17) is 5.73 Å². The van der Waals surface area contributed by atoms with Gasteiger partial charge in [-0.3, -0.25) is 4.79 Å². The highest BCUT2D eigenvalue weighted by Gasteiger charge is 2.01. The van der Waals surface area contributed by atoms with Crippen LogP contribution in [0.25, 0.3) is 10.9 Å². The monoisotopic (exact) mass is 174 g/mol. The first kappa shape index (κ1) is 7.86. The predicted octanol–water partition coefficient (Wildman–Crippen LogP) is 1.12. The topological polar surface area (TPSA) is 48.0 Å². The Morgan fingerprint density at radius 2 is 2.00 bits per heavy atom. The summed E-state index contributed by atoms with van der Waals surface area (Å²) in [6.45, 7) is 0. The Hall–Kier alpha value is -1.77. The molecule has 1 aromatic carbocycles. The van der Waals surface area contributed by atoms with Gasteiger partial charge in [-0.1, -0.05) is 12.1 Å². The molecule has 0 spiro atoms. The lowest BCUT2D eigenvalue weighted by Crippen LogP contribution is -2.10. The zero-order valence-corrected chi connectivity index (χ0v) is 7.32. The highest BCUT2D eigenvalue weighted by atomic mass is 16.1. The predicted molar refractivity (Wildman–Crippen MR) is 53.6 cm³/mol. The van der Waals surface area contributed by atoms with Crippen LogP contribution in [-0.4, -0.2) is 4.57 Å². The normalized spacial score (nSPS) is 10.5. The number of hydrogen-bond donors (Lipinski definition) is 1. The molecule has 0 aliphatic heterocycles. The van der Waals surface area contributed by atoms with Crippen LogP contribution in [0, 0.1) is 0 Å². The van der Waals surface area contributed by atoms with Crippen LogP contribution in [0.15, 0.2) is 35.1 Å². The van der Waals surface area contributed by atoms with E-state index in [1.165, 1.54) is 6.07 Å². The maximum absolute atomic E-state index is 11.5. The van der Waals surface area contributed by atoms with Crippen LogP contribution >= 0.6 is 0 Å². The zero-order chi connectivity index (χ0) is 9.42. The molecule has 0 atom stereocenters. The maximum atomic E-state index is 11.5. The van der Waals surface area contributed by atoms with E-state index in [0.29, 0.717) is 11.2 Å². The molecule has 0 fully saturated rings. The molecule has 2 aromatic rings. The van der Waals surface area contributed by atoms with Crippen molar-refractivity contribution in [2.24, 2.45) is 7.05 Å². The van der Waals surface area contributed by atoms with Gasteiger partial charge < -0.3 is 10.3 Å². The van der Waals surface area contributed by atoms with E-state index in [-0.39, 0.29) is 5.43 Å². The first-order valence-corrected chi connectivity index (χ1v) is 4.04. The summed E-state index contributed by atoms with van der Waals surface area (Å²) < 4.78 is 1.80. The summed E-state index contributed by atoms with van der Waals surface area (Å²) in [6, 6.07) is 8.87. The molecule has 0 unspecified atom stereocenters. The molecule has 1 aromatic heterocycles. The number of aryl methyl sites for hydroxylation is 1. The van der Waals surface area contributed by atoms with Gasteiger partial charge in [0, 0.05) is 18.5 Å². The molecule has 0 bridgehead atoms. The lowest BCUT2D eigenvalue weighted by atomic mass is 10.2. The third kappa shape index (κ3) is 1.09. The Labute approximate surface area is 75.4 Å². The minimum Gasteiger partial charge on any atom is -0.385 e. The third-order valence-electron chi connectivity index (χ3n) is 2.20. The SMILES string of the molecule is Cn1c(N)cc(=O)c2ccccc21. The average molecular weight is 174 g/mol. The second-order valence-corrected chi connectivity index (χ2v) is 3.01. The number of benzene rings is 1. The summed E-state index contributed by atoms with van der Waals surface area (Å²) >= 11 is 0. The van der Waals surface area contributed by atoms with Gasteiger partial charge in [-0.05, 0) is 12.1 Å². The van der Waals surface area contributed by atoms with Gasteiger partial charge in [-0.15, -0.1) is 0 Å². The van der Waals surface area contributed by atoms with Crippen LogP contribution < -0.4 is 11.2 Å². The molecule has 0 saturated carbocycles. The van der Waals surface area contributed by atoms with E-state index < -0.39 is 0 Å². The molecule has 0 aliphatic rings. The Morgan fingerprint density at radius 1 is 1.31 bits per heavy atom. The van der Waals surface area contributed by atoms with Crippen molar-refractivity contribution in [1.82, 2.24) is 4.57 Å². The molecule has 2 N–H and O–H groups in total. The molecule has 0 radical (unpaired) electrons. The second kappa shape index (κ2) is 2.62. The summed E-state index contributed by atoms with van der Waals surface area (Å²) in [5, 5.41) is 0.708. The van der Waals surface area contributed by atoms with E-state index >= 15 is 0 Å². The number of para-hydroxylation sites is 1. The van der Waals surface area contributed by atoms with Gasteiger partial charge in [0.25, 0.3) is 0 Å². The van der Waals surface area contributed by atoms with Crippen LogP contribution in [0.1, 0.15) is 0 Å². The molecule has 0 amide bonds. The lowest BCUT2D eigenvalue weighted by molar-refractivity contribution is 0.965. The summed E-state index contributed by atoms with van der Waals surface area (Å²) in [5.74, 6) is 0.490. The number of nitrogens with two attached hydrogens (primary N) is 1. The summed E-state index contributed by atoms with van der Waals surface area (Å²) in [6.07, 6.45) is 0. The number of rotatable bonds is 0. The summed E-state index contributed by atoms with van der Waals surface area (Å²) in [5.41, 5.74) is 6.50. The Balaban J connectivity index is 3.06. The van der Waals surface area contributed by atoms with Crippen molar-refractivity contribution in [3.05, 3.63) is 40.6 Å². The first-order chi connectivity index (χ1) is 6.20. The molecular formula is C10H10N2O. The molecule has 3 nitrogen and oxygen atoms in total. The fraction of sp³-hybridized carbons (Fsp3) is 0.100. The van der Waals surface area contributed by atoms with Crippen molar-refractivity contribution >= 4 is 16.7 Å². The molecule has 0 saturated heterocycles. The van der Waals surface area contributed by atoms with Crippen molar-refractivity contribution in [2.45, 2.75) is 0 Å². The number of hydrogen-bond acceptors (Lipinski definition) is 2. The molecule has 1 heterocycles. The lowest BCUT2D eigenvalue weighted by Gasteiger charge is -2.07. The smallest absolute Gasteiger partial charge is 0.191 e. The van der Waals surface area contributed by atoms with Gasteiger partial charge in [0.05, 0.1) is 5.52 Å². The Morgan fingerprint density at radius 3 is 2.77 bits per heavy atom. The van der Waals surface area contributed by atoms with Crippen molar-refractivity contribution in [3.63, 3.8) is 0 Å². The zero-order valence-electron chi connectivity index (χ0n) is 7.32. The van der Waals surface area contributed by atoms with E-state index in [2.05, 4.69) is 0 Å². The minimum atomic E-state index is -0.0220. The number of nitrogens with zero attached hydrogens (tertiary/aromatic N) is 1. The average Bonchev–Trinajstić information content (AvgIpc) is 2.15. The largest absolute Gasteiger partial charge is 0.385 e. The quantitative estimate of drug-likeness (QED) is 0.650. The van der Waals surface area contributed by atoms with Gasteiger partial charge in [-0.2, -0.15) is 0 Å². The van der Waals surface area contributed by atoms with Crippen molar-refractivity contribution in [1.29, 1.82) is 0 Å². The van der Waals surface area contributed by atoms with E-state index in [9.17, 15) is 4.79 Å². The molecule has 3 heteroatoms. The van der Waals surface area contributed by atoms with Crippen LogP contribution in [0.5, 0.6) is 0 Å². The fourth-order valence-corrected chi connectivity index (χ4v) is 1.42. The van der Waals surface area contributed by atoms with Gasteiger partial charge in [0.2, 0.25) is 0 Å². The van der Waals surface area contributed by atoms with E-state index in [1.54, 1.807) is 10.6 Å². The summed E-state index contributed by atoms with van der Waals surface area (Å²) in [7, 11) is 1.84. The van der Waals surface area contributed by atoms with E-state index in [1.807, 2.05) is 25.2 Å². The minimum absolute atomic E-state index is 0.0220.